The minimum absolute atomic E-state index is 0. The number of rotatable bonds is 0. The van der Waals surface area contributed by atoms with Gasteiger partial charge in [0.2, 0.25) is 0 Å². The summed E-state index contributed by atoms with van der Waals surface area (Å²) in [6, 6.07) is 5.85. The zero-order valence-electron chi connectivity index (χ0n) is 5.68. The molecule has 0 bridgehead atoms. The number of benzene rings is 1. The third-order valence-corrected chi connectivity index (χ3v) is 0.830. The molecule has 0 saturated carbocycles. The van der Waals surface area contributed by atoms with Crippen LogP contribution >= 0.6 is 0 Å². The van der Waals surface area contributed by atoms with Crippen LogP contribution in [-0.2, 0) is 0 Å². The molecule has 59 valence electrons. The van der Waals surface area contributed by atoms with E-state index in [0.29, 0.717) is 0 Å². The van der Waals surface area contributed by atoms with Gasteiger partial charge in [-0.15, -0.1) is 0 Å². The van der Waals surface area contributed by atoms with Gasteiger partial charge >= 0.3 is 7.69 Å². The van der Waals surface area contributed by atoms with Crippen LogP contribution in [0.4, 0.5) is 0 Å². The lowest BCUT2D eigenvalue weighted by atomic mass is 10.3. The Balaban J connectivity index is 0.000000292. The van der Waals surface area contributed by atoms with Crippen molar-refractivity contribution in [1.29, 1.82) is 0 Å². The predicted octanol–water partition coefficient (Wildman–Crippen LogP) is -0.397. The lowest BCUT2D eigenvalue weighted by Gasteiger charge is -1.89. The van der Waals surface area contributed by atoms with Crippen LogP contribution in [0.25, 0.3) is 0 Å². The van der Waals surface area contributed by atoms with Crippen LogP contribution in [0.5, 0.6) is 11.5 Å². The molecule has 0 amide bonds. The van der Waals surface area contributed by atoms with Gasteiger partial charge in [-0.1, -0.05) is 6.07 Å². The molecule has 5 heteroatoms. The molecule has 0 spiro atoms. The summed E-state index contributed by atoms with van der Waals surface area (Å²) in [4.78, 5) is 0. The van der Waals surface area contributed by atoms with Crippen LogP contribution in [0, 0.1) is 0 Å². The van der Waals surface area contributed by atoms with E-state index in [-0.39, 0.29) is 19.2 Å². The van der Waals surface area contributed by atoms with Gasteiger partial charge in [0.25, 0.3) is 0 Å². The molecule has 1 aromatic carbocycles. The Labute approximate surface area is 64.7 Å². The molecule has 1 aromatic rings. The lowest BCUT2D eigenvalue weighted by molar-refractivity contribution is 0.447. The summed E-state index contributed by atoms with van der Waals surface area (Å²) in [7, 11) is 0. The maximum absolute atomic E-state index is 8.65. The SMILES string of the molecule is O[B]O.Oc1cccc(O)c1. The van der Waals surface area contributed by atoms with Gasteiger partial charge in [0, 0.05) is 6.07 Å². The van der Waals surface area contributed by atoms with Gasteiger partial charge in [-0.05, 0) is 12.1 Å². The Kier molecular flexibility index (Phi) is 4.97. The molecular weight excluding hydrogens is 147 g/mol. The second kappa shape index (κ2) is 5.58. The highest BCUT2D eigenvalue weighted by Crippen LogP contribution is 2.14. The van der Waals surface area contributed by atoms with E-state index < -0.39 is 0 Å². The monoisotopic (exact) mass is 155 g/mol. The Bertz CT molecular complexity index is 186. The van der Waals surface area contributed by atoms with Gasteiger partial charge in [-0.3, -0.25) is 0 Å². The van der Waals surface area contributed by atoms with Gasteiger partial charge in [0.1, 0.15) is 11.5 Å². The molecule has 0 aliphatic rings. The van der Waals surface area contributed by atoms with E-state index in [0.717, 1.165) is 0 Å². The van der Waals surface area contributed by atoms with Crippen molar-refractivity contribution in [3.05, 3.63) is 24.3 Å². The smallest absolute Gasteiger partial charge is 0.482 e. The van der Waals surface area contributed by atoms with E-state index in [1.54, 1.807) is 6.07 Å². The van der Waals surface area contributed by atoms with Crippen molar-refractivity contribution in [1.82, 2.24) is 0 Å². The second-order valence-electron chi connectivity index (χ2n) is 1.64. The summed E-state index contributed by atoms with van der Waals surface area (Å²) in [5, 5.41) is 31.3. The first-order chi connectivity index (χ1) is 5.20. The molecule has 0 aromatic heterocycles. The van der Waals surface area contributed by atoms with Crippen molar-refractivity contribution in [2.45, 2.75) is 0 Å². The lowest BCUT2D eigenvalue weighted by Crippen LogP contribution is -1.75. The minimum Gasteiger partial charge on any atom is -0.508 e. The normalized spacial score (nSPS) is 7.82. The van der Waals surface area contributed by atoms with E-state index in [2.05, 4.69) is 0 Å². The fourth-order valence-corrected chi connectivity index (χ4v) is 0.493. The molecule has 0 heterocycles. The third kappa shape index (κ3) is 5.26. The summed E-state index contributed by atoms with van der Waals surface area (Å²) in [5.41, 5.74) is 0. The first-order valence-electron chi connectivity index (χ1n) is 2.78. The first kappa shape index (κ1) is 9.80. The first-order valence-corrected chi connectivity index (χ1v) is 2.78. The molecule has 11 heavy (non-hydrogen) atoms. The van der Waals surface area contributed by atoms with Crippen LogP contribution in [-0.4, -0.2) is 27.9 Å². The Morgan fingerprint density at radius 1 is 1.00 bits per heavy atom. The summed E-state index contributed by atoms with van der Waals surface area (Å²) < 4.78 is 0. The van der Waals surface area contributed by atoms with Crippen molar-refractivity contribution in [2.75, 3.05) is 0 Å². The van der Waals surface area contributed by atoms with Crippen LogP contribution in [0.3, 0.4) is 0 Å². The molecular formula is C6H8BO4. The van der Waals surface area contributed by atoms with Crippen LogP contribution in [0.2, 0.25) is 0 Å². The van der Waals surface area contributed by atoms with E-state index in [4.69, 9.17) is 20.3 Å². The predicted molar refractivity (Wildman–Crippen MR) is 40.0 cm³/mol. The third-order valence-electron chi connectivity index (χ3n) is 0.830. The highest BCUT2D eigenvalue weighted by Gasteiger charge is 1.85. The largest absolute Gasteiger partial charge is 0.508 e. The number of aromatic hydroxyl groups is 2. The van der Waals surface area contributed by atoms with Crippen LogP contribution in [0.1, 0.15) is 0 Å². The Hall–Kier alpha value is -1.20. The van der Waals surface area contributed by atoms with E-state index in [1.807, 2.05) is 0 Å². The van der Waals surface area contributed by atoms with Gasteiger partial charge in [0.05, 0.1) is 0 Å². The zero-order valence-corrected chi connectivity index (χ0v) is 5.68. The highest BCUT2D eigenvalue weighted by molar-refractivity contribution is 6.13. The number of phenols is 2. The van der Waals surface area contributed by atoms with Crippen LogP contribution < -0.4 is 0 Å². The Morgan fingerprint density at radius 2 is 1.36 bits per heavy atom. The van der Waals surface area contributed by atoms with Gasteiger partial charge in [0.15, 0.2) is 0 Å². The van der Waals surface area contributed by atoms with Crippen molar-refractivity contribution in [3.8, 4) is 11.5 Å². The molecule has 0 aliphatic carbocycles. The molecule has 0 aliphatic heterocycles. The highest BCUT2D eigenvalue weighted by atomic mass is 16.4. The molecule has 1 radical (unpaired) electrons. The van der Waals surface area contributed by atoms with Gasteiger partial charge in [-0.25, -0.2) is 0 Å². The van der Waals surface area contributed by atoms with Crippen molar-refractivity contribution in [2.24, 2.45) is 0 Å². The number of hydrogen-bond donors (Lipinski definition) is 4. The summed E-state index contributed by atoms with van der Waals surface area (Å²) in [6.45, 7) is 0. The van der Waals surface area contributed by atoms with Crippen molar-refractivity contribution in [3.63, 3.8) is 0 Å². The van der Waals surface area contributed by atoms with E-state index in [9.17, 15) is 0 Å². The quantitative estimate of drug-likeness (QED) is 0.384. The van der Waals surface area contributed by atoms with Crippen molar-refractivity contribution < 1.29 is 20.3 Å². The fraction of sp³-hybridized carbons (Fsp3) is 0. The van der Waals surface area contributed by atoms with Crippen molar-refractivity contribution >= 4 is 7.69 Å². The molecule has 4 N–H and O–H groups in total. The molecule has 1 rings (SSSR count). The van der Waals surface area contributed by atoms with Crippen LogP contribution in [0.15, 0.2) is 24.3 Å². The maximum Gasteiger partial charge on any atom is 0.482 e. The number of hydrogen-bond acceptors (Lipinski definition) is 4. The maximum atomic E-state index is 8.65. The van der Waals surface area contributed by atoms with Gasteiger partial charge in [-0.2, -0.15) is 0 Å². The Morgan fingerprint density at radius 3 is 1.55 bits per heavy atom. The molecule has 4 nitrogen and oxygen atoms in total. The minimum atomic E-state index is 0. The summed E-state index contributed by atoms with van der Waals surface area (Å²) >= 11 is 0. The zero-order chi connectivity index (χ0) is 8.69. The molecule has 0 atom stereocenters. The fourth-order valence-electron chi connectivity index (χ4n) is 0.493. The summed E-state index contributed by atoms with van der Waals surface area (Å²) in [5.74, 6) is 0.176. The van der Waals surface area contributed by atoms with E-state index >= 15 is 0 Å². The molecule has 0 saturated heterocycles. The topological polar surface area (TPSA) is 80.9 Å². The second-order valence-corrected chi connectivity index (χ2v) is 1.64. The average molecular weight is 155 g/mol. The average Bonchev–Trinajstić information content (AvgIpc) is 1.88. The molecule has 0 unspecified atom stereocenters. The number of phenolic OH excluding ortho intramolecular Hbond substituents is 2. The van der Waals surface area contributed by atoms with E-state index in [1.165, 1.54) is 18.2 Å². The molecule has 0 fully saturated rings. The van der Waals surface area contributed by atoms with Gasteiger partial charge < -0.3 is 20.3 Å². The summed E-state index contributed by atoms with van der Waals surface area (Å²) in [6.07, 6.45) is 0. The standard InChI is InChI=1S/C6H6O2.BH2O2/c7-5-2-1-3-6(8)4-5;2-1-3/h1-4,7-8H;2-3H.